The summed E-state index contributed by atoms with van der Waals surface area (Å²) in [6, 6.07) is 0. The molecule has 2 heterocycles. The monoisotopic (exact) mass is 351 g/mol. The first-order chi connectivity index (χ1) is 11.8. The Labute approximate surface area is 142 Å². The molecule has 0 radical (unpaired) electrons. The molecule has 2 N–H and O–H groups in total. The van der Waals surface area contributed by atoms with Crippen molar-refractivity contribution in [3.63, 3.8) is 0 Å². The van der Waals surface area contributed by atoms with Gasteiger partial charge in [0.15, 0.2) is 17.6 Å². The third-order valence-corrected chi connectivity index (χ3v) is 3.19. The Morgan fingerprint density at radius 1 is 1.16 bits per heavy atom. The van der Waals surface area contributed by atoms with E-state index in [0.717, 1.165) is 14.0 Å². The molecule has 0 aliphatic carbocycles. The third kappa shape index (κ3) is 4.19. The predicted octanol–water partition coefficient (Wildman–Crippen LogP) is -0.555. The number of carbonyl (C=O) groups excluding carboxylic acids is 3. The Morgan fingerprint density at radius 2 is 1.84 bits per heavy atom. The lowest BCUT2D eigenvalue weighted by molar-refractivity contribution is -0.180. The van der Waals surface area contributed by atoms with Gasteiger partial charge in [0.2, 0.25) is 6.10 Å². The molecule has 2 aromatic rings. The Morgan fingerprint density at radius 3 is 2.44 bits per heavy atom. The second kappa shape index (κ2) is 7.55. The summed E-state index contributed by atoms with van der Waals surface area (Å²) in [5.74, 6) is -2.07. The average molecular weight is 351 g/mol. The first-order valence-electron chi connectivity index (χ1n) is 7.17. The van der Waals surface area contributed by atoms with Crippen LogP contribution in [-0.2, 0) is 35.1 Å². The largest absolute Gasteiger partial charge is 0.466 e. The summed E-state index contributed by atoms with van der Waals surface area (Å²) in [6.07, 6.45) is 0.0555. The third-order valence-electron chi connectivity index (χ3n) is 3.19. The van der Waals surface area contributed by atoms with Gasteiger partial charge in [-0.1, -0.05) is 0 Å². The van der Waals surface area contributed by atoms with E-state index >= 15 is 0 Å². The van der Waals surface area contributed by atoms with Crippen molar-refractivity contribution >= 4 is 34.9 Å². The molecule has 2 rings (SSSR count). The number of methoxy groups -OCH3 is 1. The maximum atomic E-state index is 12.0. The Hall–Kier alpha value is -3.24. The van der Waals surface area contributed by atoms with E-state index in [0.29, 0.717) is 11.2 Å². The quantitative estimate of drug-likeness (QED) is 0.530. The van der Waals surface area contributed by atoms with Gasteiger partial charge in [-0.2, -0.15) is 0 Å². The second-order valence-electron chi connectivity index (χ2n) is 5.03. The van der Waals surface area contributed by atoms with Crippen LogP contribution in [0.2, 0.25) is 0 Å². The van der Waals surface area contributed by atoms with Crippen LogP contribution >= 0.6 is 0 Å². The topological polar surface area (TPSA) is 149 Å². The molecule has 0 fully saturated rings. The van der Waals surface area contributed by atoms with E-state index in [-0.39, 0.29) is 12.4 Å². The van der Waals surface area contributed by atoms with Crippen molar-refractivity contribution in [2.75, 3.05) is 12.8 Å². The molecule has 0 amide bonds. The molecule has 0 aromatic carbocycles. The lowest BCUT2D eigenvalue weighted by atomic mass is 10.2. The zero-order chi connectivity index (χ0) is 18.6. The fraction of sp³-hybridized carbons (Fsp3) is 0.429. The van der Waals surface area contributed by atoms with Crippen LogP contribution in [0.4, 0.5) is 5.82 Å². The number of rotatable bonds is 6. The van der Waals surface area contributed by atoms with E-state index in [1.54, 1.807) is 0 Å². The van der Waals surface area contributed by atoms with Crippen LogP contribution in [0.15, 0.2) is 12.7 Å². The fourth-order valence-electron chi connectivity index (χ4n) is 2.20. The van der Waals surface area contributed by atoms with Crippen molar-refractivity contribution in [3.05, 3.63) is 12.7 Å². The summed E-state index contributed by atoms with van der Waals surface area (Å²) < 4.78 is 16.2. The van der Waals surface area contributed by atoms with Crippen LogP contribution in [0.1, 0.15) is 13.8 Å². The molecule has 0 unspecified atom stereocenters. The smallest absolute Gasteiger partial charge is 0.351 e. The lowest BCUT2D eigenvalue weighted by Crippen LogP contribution is -2.43. The Bertz CT molecular complexity index is 804. The van der Waals surface area contributed by atoms with Crippen molar-refractivity contribution in [1.29, 1.82) is 0 Å². The van der Waals surface area contributed by atoms with Crippen LogP contribution < -0.4 is 5.73 Å². The molecule has 11 heteroatoms. The number of esters is 3. The first-order valence-corrected chi connectivity index (χ1v) is 7.17. The number of nitrogens with zero attached hydrogens (tertiary/aromatic N) is 4. The maximum Gasteiger partial charge on any atom is 0.351 e. The van der Waals surface area contributed by atoms with Crippen LogP contribution in [0.5, 0.6) is 0 Å². The van der Waals surface area contributed by atoms with Gasteiger partial charge >= 0.3 is 17.9 Å². The Balaban J connectivity index is 2.38. The van der Waals surface area contributed by atoms with Crippen molar-refractivity contribution in [2.24, 2.45) is 0 Å². The minimum Gasteiger partial charge on any atom is -0.466 e. The van der Waals surface area contributed by atoms with E-state index in [2.05, 4.69) is 19.7 Å². The second-order valence-corrected chi connectivity index (χ2v) is 5.03. The molecule has 0 bridgehead atoms. The molecule has 25 heavy (non-hydrogen) atoms. The van der Waals surface area contributed by atoms with E-state index in [9.17, 15) is 14.4 Å². The minimum absolute atomic E-state index is 0.0699. The van der Waals surface area contributed by atoms with Crippen LogP contribution in [0.3, 0.4) is 0 Å². The summed E-state index contributed by atoms with van der Waals surface area (Å²) in [4.78, 5) is 46.6. The van der Waals surface area contributed by atoms with E-state index in [1.807, 2.05) is 0 Å². The molecular weight excluding hydrogens is 334 g/mol. The number of nitrogens with two attached hydrogens (primary N) is 1. The molecule has 11 nitrogen and oxygen atoms in total. The lowest BCUT2D eigenvalue weighted by Gasteiger charge is -2.24. The van der Waals surface area contributed by atoms with E-state index in [1.165, 1.54) is 24.1 Å². The van der Waals surface area contributed by atoms with Crippen molar-refractivity contribution in [3.8, 4) is 0 Å². The zero-order valence-electron chi connectivity index (χ0n) is 13.8. The minimum atomic E-state index is -1.44. The predicted molar refractivity (Wildman–Crippen MR) is 82.9 cm³/mol. The normalized spacial score (nSPS) is 13.1. The molecule has 134 valence electrons. The standard InChI is InChI=1S/C14H17N5O6/c1-7(20)24-9(11(14(22)23-3)25-8(2)21)4-19-6-18-10-12(15)16-5-17-13(10)19/h5-6,9,11H,4H2,1-3H3,(H2,15,16,17)/t9-,11-/m1/s1. The van der Waals surface area contributed by atoms with Gasteiger partial charge in [0.25, 0.3) is 0 Å². The number of aromatic nitrogens is 4. The SMILES string of the molecule is COC(=O)[C@H](OC(C)=O)[C@@H](Cn1cnc2c(N)ncnc21)OC(C)=O. The number of ether oxygens (including phenoxy) is 3. The summed E-state index contributed by atoms with van der Waals surface area (Å²) >= 11 is 0. The van der Waals surface area contributed by atoms with Gasteiger partial charge in [0.05, 0.1) is 20.0 Å². The van der Waals surface area contributed by atoms with Crippen LogP contribution in [-0.4, -0.2) is 56.7 Å². The molecule has 2 atom stereocenters. The number of hydrogen-bond acceptors (Lipinski definition) is 10. The van der Waals surface area contributed by atoms with Gasteiger partial charge in [-0.25, -0.2) is 19.7 Å². The van der Waals surface area contributed by atoms with Gasteiger partial charge in [-0.3, -0.25) is 9.59 Å². The number of nitrogen functional groups attached to an aromatic ring is 1. The van der Waals surface area contributed by atoms with Gasteiger partial charge in [0, 0.05) is 13.8 Å². The number of anilines is 1. The van der Waals surface area contributed by atoms with Crippen LogP contribution in [0, 0.1) is 0 Å². The molecule has 2 aromatic heterocycles. The molecule has 0 spiro atoms. The number of fused-ring (bicyclic) bond motifs is 1. The van der Waals surface area contributed by atoms with E-state index in [4.69, 9.17) is 15.2 Å². The van der Waals surface area contributed by atoms with E-state index < -0.39 is 30.1 Å². The summed E-state index contributed by atoms with van der Waals surface area (Å²) in [6.45, 7) is 2.22. The molecule has 0 aliphatic heterocycles. The maximum absolute atomic E-state index is 12.0. The zero-order valence-corrected chi connectivity index (χ0v) is 13.8. The Kier molecular flexibility index (Phi) is 5.47. The highest BCUT2D eigenvalue weighted by Gasteiger charge is 2.35. The highest BCUT2D eigenvalue weighted by Crippen LogP contribution is 2.17. The summed E-state index contributed by atoms with van der Waals surface area (Å²) in [5.41, 5.74) is 6.45. The van der Waals surface area contributed by atoms with Gasteiger partial charge in [-0.05, 0) is 0 Å². The fourth-order valence-corrected chi connectivity index (χ4v) is 2.20. The highest BCUT2D eigenvalue weighted by molar-refractivity contribution is 5.81. The van der Waals surface area contributed by atoms with Gasteiger partial charge in [-0.15, -0.1) is 0 Å². The summed E-state index contributed by atoms with van der Waals surface area (Å²) in [7, 11) is 1.13. The average Bonchev–Trinajstić information content (AvgIpc) is 2.95. The summed E-state index contributed by atoms with van der Waals surface area (Å²) in [5, 5.41) is 0. The van der Waals surface area contributed by atoms with Crippen LogP contribution in [0.25, 0.3) is 11.2 Å². The molecule has 0 saturated carbocycles. The van der Waals surface area contributed by atoms with Gasteiger partial charge < -0.3 is 24.5 Å². The van der Waals surface area contributed by atoms with Crippen molar-refractivity contribution in [2.45, 2.75) is 32.6 Å². The molecule has 0 saturated heterocycles. The van der Waals surface area contributed by atoms with Gasteiger partial charge in [0.1, 0.15) is 11.8 Å². The number of carbonyl (C=O) groups is 3. The highest BCUT2D eigenvalue weighted by atomic mass is 16.6. The first kappa shape index (κ1) is 18.1. The molecule has 0 aliphatic rings. The van der Waals surface area contributed by atoms with Crippen molar-refractivity contribution < 1.29 is 28.6 Å². The number of hydrogen-bond donors (Lipinski definition) is 1. The molecular formula is C14H17N5O6. The number of imidazole rings is 1. The van der Waals surface area contributed by atoms with Crippen molar-refractivity contribution in [1.82, 2.24) is 19.5 Å².